The van der Waals surface area contributed by atoms with Crippen LogP contribution in [0.1, 0.15) is 12.8 Å². The van der Waals surface area contributed by atoms with Crippen LogP contribution in [0.25, 0.3) is 11.0 Å². The van der Waals surface area contributed by atoms with Crippen LogP contribution in [-0.4, -0.2) is 64.6 Å². The maximum absolute atomic E-state index is 11.5. The molecule has 28 heavy (non-hydrogen) atoms. The number of aliphatic hydroxyl groups excluding tert-OH is 1. The van der Waals surface area contributed by atoms with Crippen molar-refractivity contribution in [2.45, 2.75) is 18.9 Å². The molecule has 1 heterocycles. The Labute approximate surface area is 161 Å². The van der Waals surface area contributed by atoms with Gasteiger partial charge in [0.1, 0.15) is 24.0 Å². The molecule has 1 aromatic carbocycles. The molecule has 3 N–H and O–H groups in total. The summed E-state index contributed by atoms with van der Waals surface area (Å²) in [6, 6.07) is 5.57. The highest BCUT2D eigenvalue weighted by Gasteiger charge is 2.10. The van der Waals surface area contributed by atoms with Crippen LogP contribution in [0.15, 0.2) is 24.5 Å². The first kappa shape index (κ1) is 21.4. The lowest BCUT2D eigenvalue weighted by Gasteiger charge is -2.14. The molecule has 0 aliphatic carbocycles. The van der Waals surface area contributed by atoms with Gasteiger partial charge in [-0.25, -0.2) is 4.98 Å². The highest BCUT2D eigenvalue weighted by atomic mass is 16.9. The van der Waals surface area contributed by atoms with Crippen molar-refractivity contribution < 1.29 is 24.6 Å². The van der Waals surface area contributed by atoms with Gasteiger partial charge in [0.05, 0.1) is 18.5 Å². The Morgan fingerprint density at radius 2 is 2.25 bits per heavy atom. The van der Waals surface area contributed by atoms with Gasteiger partial charge < -0.3 is 29.9 Å². The van der Waals surface area contributed by atoms with Gasteiger partial charge in [-0.1, -0.05) is 6.07 Å². The topological polar surface area (TPSA) is 141 Å². The average Bonchev–Trinajstić information content (AvgIpc) is 3.05. The van der Waals surface area contributed by atoms with Crippen LogP contribution >= 0.6 is 0 Å². The molecular weight excluding hydrogens is 370 g/mol. The molecule has 11 nitrogen and oxygen atoms in total. The minimum absolute atomic E-state index is 0.0998. The number of ether oxygens (including phenoxy) is 1. The number of carbonyl (C=O) groups is 1. The molecule has 0 spiro atoms. The van der Waals surface area contributed by atoms with Crippen LogP contribution in [0.5, 0.6) is 5.75 Å². The largest absolute Gasteiger partial charge is 0.489 e. The van der Waals surface area contributed by atoms with E-state index in [4.69, 9.17) is 4.74 Å². The van der Waals surface area contributed by atoms with E-state index in [1.165, 1.54) is 0 Å². The molecular formula is C17H25N5O6. The Morgan fingerprint density at radius 3 is 3.04 bits per heavy atom. The fraction of sp³-hybridized carbons (Fsp3) is 0.529. The van der Waals surface area contributed by atoms with Gasteiger partial charge in [-0.05, 0) is 18.6 Å². The average molecular weight is 395 g/mol. The summed E-state index contributed by atoms with van der Waals surface area (Å²) < 4.78 is 7.57. The molecule has 1 aromatic heterocycles. The fourth-order valence-corrected chi connectivity index (χ4v) is 2.56. The van der Waals surface area contributed by atoms with Crippen molar-refractivity contribution in [2.24, 2.45) is 7.05 Å². The van der Waals surface area contributed by atoms with E-state index in [9.17, 15) is 20.0 Å². The standard InChI is InChI=1S/C17H25N5O6/c1-21-12-20-14-4-2-5-15(17(14)21)27-11-13(23)10-18-7-8-19-16(24)6-3-9-28-22(25)26/h2,4-5,12-13,18,23H,3,6-11H2,1H3,(H,19,24). The molecule has 1 amide bonds. The number of aromatic nitrogens is 2. The van der Waals surface area contributed by atoms with Gasteiger partial charge in [0, 0.05) is 33.1 Å². The van der Waals surface area contributed by atoms with Crippen molar-refractivity contribution in [1.29, 1.82) is 0 Å². The smallest absolute Gasteiger partial charge is 0.294 e. The quantitative estimate of drug-likeness (QED) is 0.245. The van der Waals surface area contributed by atoms with Crippen LogP contribution in [0.2, 0.25) is 0 Å². The lowest BCUT2D eigenvalue weighted by atomic mass is 10.3. The van der Waals surface area contributed by atoms with E-state index >= 15 is 0 Å². The summed E-state index contributed by atoms with van der Waals surface area (Å²) in [7, 11) is 1.88. The molecule has 1 atom stereocenters. The molecule has 0 saturated carbocycles. The van der Waals surface area contributed by atoms with E-state index in [0.717, 1.165) is 11.0 Å². The zero-order valence-electron chi connectivity index (χ0n) is 15.7. The van der Waals surface area contributed by atoms with Crippen molar-refractivity contribution in [3.05, 3.63) is 34.6 Å². The van der Waals surface area contributed by atoms with E-state index in [-0.39, 0.29) is 32.0 Å². The van der Waals surface area contributed by atoms with Gasteiger partial charge in [0.25, 0.3) is 5.09 Å². The van der Waals surface area contributed by atoms with Gasteiger partial charge >= 0.3 is 0 Å². The van der Waals surface area contributed by atoms with Crippen LogP contribution in [0.3, 0.4) is 0 Å². The van der Waals surface area contributed by atoms with E-state index in [1.807, 2.05) is 29.8 Å². The number of nitrogens with zero attached hydrogens (tertiary/aromatic N) is 3. The summed E-state index contributed by atoms with van der Waals surface area (Å²) in [5.74, 6) is 0.451. The summed E-state index contributed by atoms with van der Waals surface area (Å²) in [5.41, 5.74) is 1.70. The summed E-state index contributed by atoms with van der Waals surface area (Å²) in [6.45, 7) is 1.20. The summed E-state index contributed by atoms with van der Waals surface area (Å²) >= 11 is 0. The Balaban J connectivity index is 1.56. The Bertz CT molecular complexity index is 780. The van der Waals surface area contributed by atoms with E-state index in [2.05, 4.69) is 20.5 Å². The number of hydrogen-bond acceptors (Lipinski definition) is 8. The summed E-state index contributed by atoms with van der Waals surface area (Å²) in [5, 5.41) is 24.8. The number of amides is 1. The van der Waals surface area contributed by atoms with Gasteiger partial charge in [-0.15, -0.1) is 10.1 Å². The summed E-state index contributed by atoms with van der Waals surface area (Å²) in [4.78, 5) is 29.9. The Kier molecular flexibility index (Phi) is 8.43. The number of carbonyl (C=O) groups excluding carboxylic acids is 1. The minimum Gasteiger partial charge on any atom is -0.489 e. The molecule has 0 fully saturated rings. The minimum atomic E-state index is -0.881. The molecule has 0 saturated heterocycles. The number of aryl methyl sites for hydroxylation is 1. The maximum Gasteiger partial charge on any atom is 0.294 e. The van der Waals surface area contributed by atoms with Crippen molar-refractivity contribution in [3.63, 3.8) is 0 Å². The maximum atomic E-state index is 11.5. The number of nitrogens with one attached hydrogen (secondary N) is 2. The molecule has 0 radical (unpaired) electrons. The van der Waals surface area contributed by atoms with Crippen LogP contribution in [-0.2, 0) is 16.7 Å². The zero-order valence-corrected chi connectivity index (χ0v) is 15.7. The van der Waals surface area contributed by atoms with Gasteiger partial charge in [0.15, 0.2) is 0 Å². The van der Waals surface area contributed by atoms with E-state index in [0.29, 0.717) is 25.4 Å². The molecule has 154 valence electrons. The fourth-order valence-electron chi connectivity index (χ4n) is 2.56. The molecule has 1 unspecified atom stereocenters. The van der Waals surface area contributed by atoms with Crippen LogP contribution < -0.4 is 15.4 Å². The molecule has 0 bridgehead atoms. The first-order valence-electron chi connectivity index (χ1n) is 8.93. The third kappa shape index (κ3) is 7.00. The normalized spacial score (nSPS) is 11.9. The SMILES string of the molecule is Cn1cnc2cccc(OCC(O)CNCCNC(=O)CCCO[N+](=O)[O-])c21. The molecule has 11 heteroatoms. The predicted octanol–water partition coefficient (Wildman–Crippen LogP) is 0.00730. The van der Waals surface area contributed by atoms with E-state index in [1.54, 1.807) is 6.33 Å². The number of para-hydroxylation sites is 1. The molecule has 2 aromatic rings. The number of benzene rings is 1. The summed E-state index contributed by atoms with van der Waals surface area (Å²) in [6.07, 6.45) is 1.43. The second-order valence-corrected chi connectivity index (χ2v) is 6.16. The van der Waals surface area contributed by atoms with Crippen molar-refractivity contribution in [2.75, 3.05) is 32.8 Å². The molecule has 0 aliphatic rings. The second kappa shape index (κ2) is 11.0. The lowest BCUT2D eigenvalue weighted by molar-refractivity contribution is -0.757. The van der Waals surface area contributed by atoms with Gasteiger partial charge in [-0.2, -0.15) is 0 Å². The van der Waals surface area contributed by atoms with Crippen LogP contribution in [0, 0.1) is 10.1 Å². The Hall–Kier alpha value is -2.92. The molecule has 2 rings (SSSR count). The first-order valence-corrected chi connectivity index (χ1v) is 8.93. The van der Waals surface area contributed by atoms with Crippen molar-refractivity contribution in [1.82, 2.24) is 20.2 Å². The van der Waals surface area contributed by atoms with Gasteiger partial charge in [-0.3, -0.25) is 4.79 Å². The third-order valence-electron chi connectivity index (χ3n) is 3.88. The molecule has 0 aliphatic heterocycles. The number of fused-ring (bicyclic) bond motifs is 1. The third-order valence-corrected chi connectivity index (χ3v) is 3.88. The lowest BCUT2D eigenvalue weighted by Crippen LogP contribution is -2.37. The van der Waals surface area contributed by atoms with Gasteiger partial charge in [0.2, 0.25) is 5.91 Å². The predicted molar refractivity (Wildman–Crippen MR) is 100 cm³/mol. The van der Waals surface area contributed by atoms with Crippen LogP contribution in [0.4, 0.5) is 0 Å². The zero-order chi connectivity index (χ0) is 20.4. The second-order valence-electron chi connectivity index (χ2n) is 6.16. The highest BCUT2D eigenvalue weighted by molar-refractivity contribution is 5.81. The van der Waals surface area contributed by atoms with Crippen molar-refractivity contribution >= 4 is 16.9 Å². The monoisotopic (exact) mass is 395 g/mol. The van der Waals surface area contributed by atoms with Crippen molar-refractivity contribution in [3.8, 4) is 5.75 Å². The number of aliphatic hydroxyl groups is 1. The first-order chi connectivity index (χ1) is 13.5. The Morgan fingerprint density at radius 1 is 1.43 bits per heavy atom. The van der Waals surface area contributed by atoms with E-state index < -0.39 is 11.2 Å². The highest BCUT2D eigenvalue weighted by Crippen LogP contribution is 2.24. The number of hydrogen-bond donors (Lipinski definition) is 3. The number of imidazole rings is 1. The number of rotatable bonds is 13.